The average molecular weight is 235 g/mol. The van der Waals surface area contributed by atoms with E-state index in [1.807, 2.05) is 25.0 Å². The van der Waals surface area contributed by atoms with Crippen molar-refractivity contribution in [1.82, 2.24) is 15.1 Å². The number of hydrogen-bond acceptors (Lipinski definition) is 3. The van der Waals surface area contributed by atoms with Gasteiger partial charge in [0.2, 0.25) is 0 Å². The molecule has 0 aliphatic heterocycles. The maximum atomic E-state index is 4.47. The number of nitrogens with zero attached hydrogens (tertiary/aromatic N) is 2. The fourth-order valence-corrected chi connectivity index (χ4v) is 3.01. The van der Waals surface area contributed by atoms with E-state index < -0.39 is 0 Å². The van der Waals surface area contributed by atoms with Crippen LogP contribution in [0.1, 0.15) is 29.1 Å². The summed E-state index contributed by atoms with van der Waals surface area (Å²) in [6.45, 7) is 2.19. The van der Waals surface area contributed by atoms with Gasteiger partial charge >= 0.3 is 0 Å². The van der Waals surface area contributed by atoms with Crippen LogP contribution in [-0.4, -0.2) is 16.8 Å². The van der Waals surface area contributed by atoms with Crippen LogP contribution in [-0.2, 0) is 13.5 Å². The van der Waals surface area contributed by atoms with Gasteiger partial charge in [0.15, 0.2) is 0 Å². The standard InChI is InChI=1S/C12H17N3S/c1-4-9-6-8-16-12(9)11(13-2)10-5-7-15(3)14-10/h5-8,11,13H,4H2,1-3H3. The molecule has 0 bridgehead atoms. The van der Waals surface area contributed by atoms with Gasteiger partial charge in [0, 0.05) is 18.1 Å². The summed E-state index contributed by atoms with van der Waals surface area (Å²) in [4.78, 5) is 1.38. The highest BCUT2D eigenvalue weighted by Crippen LogP contribution is 2.28. The quantitative estimate of drug-likeness (QED) is 0.881. The van der Waals surface area contributed by atoms with Crippen molar-refractivity contribution in [3.63, 3.8) is 0 Å². The van der Waals surface area contributed by atoms with Crippen LogP contribution in [0.2, 0.25) is 0 Å². The van der Waals surface area contributed by atoms with Crippen LogP contribution in [0.3, 0.4) is 0 Å². The number of nitrogens with one attached hydrogen (secondary N) is 1. The van der Waals surface area contributed by atoms with Crippen LogP contribution in [0.25, 0.3) is 0 Å². The maximum Gasteiger partial charge on any atom is 0.0863 e. The predicted molar refractivity (Wildman–Crippen MR) is 67.8 cm³/mol. The van der Waals surface area contributed by atoms with E-state index in [9.17, 15) is 0 Å². The number of aromatic nitrogens is 2. The van der Waals surface area contributed by atoms with Gasteiger partial charge in [-0.2, -0.15) is 5.10 Å². The van der Waals surface area contributed by atoms with Gasteiger partial charge in [-0.1, -0.05) is 6.92 Å². The molecule has 0 saturated heterocycles. The Balaban J connectivity index is 2.36. The first-order chi connectivity index (χ1) is 7.76. The molecule has 2 heterocycles. The van der Waals surface area contributed by atoms with Crippen molar-refractivity contribution in [3.8, 4) is 0 Å². The third kappa shape index (κ3) is 2.03. The molecule has 0 saturated carbocycles. The molecule has 1 unspecified atom stereocenters. The first-order valence-corrected chi connectivity index (χ1v) is 6.37. The molecule has 0 amide bonds. The highest BCUT2D eigenvalue weighted by Gasteiger charge is 2.18. The summed E-state index contributed by atoms with van der Waals surface area (Å²) in [5.74, 6) is 0. The summed E-state index contributed by atoms with van der Waals surface area (Å²) in [7, 11) is 3.93. The third-order valence-corrected chi connectivity index (χ3v) is 3.77. The zero-order valence-electron chi connectivity index (χ0n) is 9.90. The molecule has 2 aromatic heterocycles. The largest absolute Gasteiger partial charge is 0.307 e. The minimum Gasteiger partial charge on any atom is -0.307 e. The maximum absolute atomic E-state index is 4.47. The summed E-state index contributed by atoms with van der Waals surface area (Å²) in [5, 5.41) is 9.97. The lowest BCUT2D eigenvalue weighted by Gasteiger charge is -2.13. The fourth-order valence-electron chi connectivity index (χ4n) is 1.89. The van der Waals surface area contributed by atoms with Gasteiger partial charge in [-0.15, -0.1) is 11.3 Å². The van der Waals surface area contributed by atoms with Crippen LogP contribution in [0, 0.1) is 0 Å². The van der Waals surface area contributed by atoms with Crippen LogP contribution >= 0.6 is 11.3 Å². The SMILES string of the molecule is CCc1ccsc1C(NC)c1ccn(C)n1. The van der Waals surface area contributed by atoms with Crippen molar-refractivity contribution in [1.29, 1.82) is 0 Å². The Hall–Kier alpha value is -1.13. The smallest absolute Gasteiger partial charge is 0.0863 e. The van der Waals surface area contributed by atoms with Gasteiger partial charge in [-0.3, -0.25) is 4.68 Å². The molecular formula is C12H17N3S. The third-order valence-electron chi connectivity index (χ3n) is 2.74. The molecule has 0 spiro atoms. The Morgan fingerprint density at radius 1 is 1.50 bits per heavy atom. The van der Waals surface area contributed by atoms with Crippen molar-refractivity contribution >= 4 is 11.3 Å². The zero-order valence-corrected chi connectivity index (χ0v) is 10.7. The number of aryl methyl sites for hydroxylation is 2. The molecule has 1 atom stereocenters. The van der Waals surface area contributed by atoms with E-state index in [2.05, 4.69) is 34.9 Å². The van der Waals surface area contributed by atoms with E-state index >= 15 is 0 Å². The molecule has 86 valence electrons. The molecule has 3 nitrogen and oxygen atoms in total. The van der Waals surface area contributed by atoms with Gasteiger partial charge in [0.05, 0.1) is 11.7 Å². The summed E-state index contributed by atoms with van der Waals surface area (Å²) in [6, 6.07) is 4.49. The van der Waals surface area contributed by atoms with E-state index in [0.29, 0.717) is 0 Å². The van der Waals surface area contributed by atoms with Crippen molar-refractivity contribution in [2.45, 2.75) is 19.4 Å². The molecule has 2 aromatic rings. The second-order valence-corrected chi connectivity index (χ2v) is 4.75. The Labute approximate surface area is 100 Å². The highest BCUT2D eigenvalue weighted by molar-refractivity contribution is 7.10. The molecule has 16 heavy (non-hydrogen) atoms. The summed E-state index contributed by atoms with van der Waals surface area (Å²) in [5.41, 5.74) is 2.50. The van der Waals surface area contributed by atoms with Gasteiger partial charge in [0.1, 0.15) is 0 Å². The van der Waals surface area contributed by atoms with Crippen LogP contribution in [0.4, 0.5) is 0 Å². The Morgan fingerprint density at radius 3 is 2.88 bits per heavy atom. The van der Waals surface area contributed by atoms with Gasteiger partial charge < -0.3 is 5.32 Å². The second kappa shape index (κ2) is 4.80. The Morgan fingerprint density at radius 2 is 2.31 bits per heavy atom. The lowest BCUT2D eigenvalue weighted by Crippen LogP contribution is -2.18. The molecule has 4 heteroatoms. The van der Waals surface area contributed by atoms with Crippen LogP contribution in [0.15, 0.2) is 23.7 Å². The fraction of sp³-hybridized carbons (Fsp3) is 0.417. The first-order valence-electron chi connectivity index (χ1n) is 5.49. The van der Waals surface area contributed by atoms with Crippen molar-refractivity contribution in [2.24, 2.45) is 7.05 Å². The molecule has 2 rings (SSSR count). The van der Waals surface area contributed by atoms with Crippen molar-refractivity contribution in [2.75, 3.05) is 7.05 Å². The second-order valence-electron chi connectivity index (χ2n) is 3.80. The highest BCUT2D eigenvalue weighted by atomic mass is 32.1. The lowest BCUT2D eigenvalue weighted by atomic mass is 10.1. The predicted octanol–water partition coefficient (Wildman–Crippen LogP) is 2.35. The summed E-state index contributed by atoms with van der Waals surface area (Å²) >= 11 is 1.80. The monoisotopic (exact) mass is 235 g/mol. The Kier molecular flexibility index (Phi) is 3.41. The summed E-state index contributed by atoms with van der Waals surface area (Å²) in [6.07, 6.45) is 3.06. The van der Waals surface area contributed by atoms with Gasteiger partial charge in [-0.05, 0) is 36.5 Å². The number of thiophene rings is 1. The van der Waals surface area contributed by atoms with E-state index in [-0.39, 0.29) is 6.04 Å². The molecule has 0 aliphatic rings. The van der Waals surface area contributed by atoms with Gasteiger partial charge in [-0.25, -0.2) is 0 Å². The van der Waals surface area contributed by atoms with Crippen LogP contribution < -0.4 is 5.32 Å². The molecule has 1 N–H and O–H groups in total. The van der Waals surface area contributed by atoms with E-state index in [1.165, 1.54) is 10.4 Å². The topological polar surface area (TPSA) is 29.9 Å². The number of hydrogen-bond donors (Lipinski definition) is 1. The van der Waals surface area contributed by atoms with Gasteiger partial charge in [0.25, 0.3) is 0 Å². The minimum atomic E-state index is 0.219. The molecular weight excluding hydrogens is 218 g/mol. The molecule has 0 radical (unpaired) electrons. The van der Waals surface area contributed by atoms with E-state index in [4.69, 9.17) is 0 Å². The molecule has 0 aromatic carbocycles. The molecule has 0 fully saturated rings. The molecule has 0 aliphatic carbocycles. The Bertz CT molecular complexity index is 458. The van der Waals surface area contributed by atoms with Crippen LogP contribution in [0.5, 0.6) is 0 Å². The van der Waals surface area contributed by atoms with Crippen molar-refractivity contribution < 1.29 is 0 Å². The minimum absolute atomic E-state index is 0.219. The normalized spacial score (nSPS) is 12.9. The summed E-state index contributed by atoms with van der Waals surface area (Å²) < 4.78 is 1.85. The first kappa shape index (κ1) is 11.4. The lowest BCUT2D eigenvalue weighted by molar-refractivity contribution is 0.646. The zero-order chi connectivity index (χ0) is 11.5. The number of rotatable bonds is 4. The van der Waals surface area contributed by atoms with E-state index in [0.717, 1.165) is 12.1 Å². The average Bonchev–Trinajstić information content (AvgIpc) is 2.89. The van der Waals surface area contributed by atoms with E-state index in [1.54, 1.807) is 11.3 Å². The van der Waals surface area contributed by atoms with Crippen molar-refractivity contribution in [3.05, 3.63) is 39.8 Å².